The van der Waals surface area contributed by atoms with Crippen molar-refractivity contribution in [1.29, 1.82) is 10.5 Å². The van der Waals surface area contributed by atoms with E-state index in [0.717, 1.165) is 18.7 Å². The number of aryl methyl sites for hydroxylation is 2. The Morgan fingerprint density at radius 3 is 2.35 bits per heavy atom. The third-order valence-corrected chi connectivity index (χ3v) is 5.87. The van der Waals surface area contributed by atoms with Crippen molar-refractivity contribution in [3.63, 3.8) is 0 Å². The van der Waals surface area contributed by atoms with Gasteiger partial charge >= 0.3 is 0 Å². The van der Waals surface area contributed by atoms with Gasteiger partial charge in [-0.1, -0.05) is 36.4 Å². The SMILES string of the molecule is Cc1cccc(C)c1N1CCN2c3ccccc3CC(C#N)(C#N)C2C1. The summed E-state index contributed by atoms with van der Waals surface area (Å²) in [6.45, 7) is 6.67. The number of fused-ring (bicyclic) bond motifs is 3. The van der Waals surface area contributed by atoms with Crippen molar-refractivity contribution in [2.24, 2.45) is 5.41 Å². The van der Waals surface area contributed by atoms with E-state index in [1.165, 1.54) is 22.5 Å². The summed E-state index contributed by atoms with van der Waals surface area (Å²) in [5.41, 5.74) is 5.01. The van der Waals surface area contributed by atoms with E-state index in [4.69, 9.17) is 0 Å². The van der Waals surface area contributed by atoms with Crippen molar-refractivity contribution in [2.75, 3.05) is 29.4 Å². The van der Waals surface area contributed by atoms with Gasteiger partial charge in [-0.3, -0.25) is 0 Å². The molecular weight excluding hydrogens is 320 g/mol. The molecule has 0 spiro atoms. The molecule has 2 aromatic rings. The summed E-state index contributed by atoms with van der Waals surface area (Å²) < 4.78 is 0. The average molecular weight is 342 g/mol. The van der Waals surface area contributed by atoms with E-state index in [1.54, 1.807) is 0 Å². The van der Waals surface area contributed by atoms with Crippen LogP contribution in [-0.2, 0) is 6.42 Å². The van der Waals surface area contributed by atoms with Crippen LogP contribution < -0.4 is 9.80 Å². The first-order valence-electron chi connectivity index (χ1n) is 9.08. The standard InChI is InChI=1S/C22H22N4/c1-16-6-5-7-17(2)21(16)25-10-11-26-19-9-4-3-8-18(19)12-22(14-23,15-24)20(26)13-25/h3-9,20H,10-13H2,1-2H3. The minimum absolute atomic E-state index is 0.125. The maximum absolute atomic E-state index is 9.95. The molecule has 0 aliphatic carbocycles. The van der Waals surface area contributed by atoms with Crippen LogP contribution in [0.2, 0.25) is 0 Å². The molecule has 0 aromatic heterocycles. The minimum atomic E-state index is -1.01. The fourth-order valence-corrected chi connectivity index (χ4v) is 4.61. The molecule has 0 N–H and O–H groups in total. The van der Waals surface area contributed by atoms with Gasteiger partial charge in [-0.25, -0.2) is 0 Å². The Morgan fingerprint density at radius 2 is 1.65 bits per heavy atom. The molecule has 130 valence electrons. The monoisotopic (exact) mass is 342 g/mol. The van der Waals surface area contributed by atoms with Gasteiger partial charge in [0, 0.05) is 37.4 Å². The van der Waals surface area contributed by atoms with Crippen molar-refractivity contribution >= 4 is 11.4 Å². The molecule has 1 unspecified atom stereocenters. The summed E-state index contributed by atoms with van der Waals surface area (Å²) in [5, 5.41) is 19.9. The van der Waals surface area contributed by atoms with Gasteiger partial charge in [-0.05, 0) is 36.6 Å². The van der Waals surface area contributed by atoms with E-state index in [1.807, 2.05) is 18.2 Å². The molecular formula is C22H22N4. The lowest BCUT2D eigenvalue weighted by atomic mass is 9.72. The Hall–Kier alpha value is -2.98. The molecule has 1 fully saturated rings. The zero-order valence-electron chi connectivity index (χ0n) is 15.2. The van der Waals surface area contributed by atoms with Crippen LogP contribution in [-0.4, -0.2) is 25.7 Å². The molecule has 2 aromatic carbocycles. The lowest BCUT2D eigenvalue weighted by Gasteiger charge is -2.51. The first-order valence-corrected chi connectivity index (χ1v) is 9.08. The zero-order valence-corrected chi connectivity index (χ0v) is 15.2. The van der Waals surface area contributed by atoms with Gasteiger partial charge in [0.15, 0.2) is 5.41 Å². The molecule has 1 saturated heterocycles. The molecule has 2 aliphatic rings. The van der Waals surface area contributed by atoms with Crippen molar-refractivity contribution in [1.82, 2.24) is 0 Å². The van der Waals surface area contributed by atoms with Gasteiger partial charge in [-0.2, -0.15) is 10.5 Å². The van der Waals surface area contributed by atoms with E-state index in [2.05, 4.69) is 60.1 Å². The highest BCUT2D eigenvalue weighted by molar-refractivity contribution is 5.65. The van der Waals surface area contributed by atoms with E-state index in [-0.39, 0.29) is 6.04 Å². The Bertz CT molecular complexity index is 900. The second kappa shape index (κ2) is 6.07. The lowest BCUT2D eigenvalue weighted by molar-refractivity contribution is 0.339. The molecule has 4 heteroatoms. The Balaban J connectivity index is 1.78. The van der Waals surface area contributed by atoms with Crippen molar-refractivity contribution in [2.45, 2.75) is 26.3 Å². The number of nitriles is 2. The number of nitrogens with zero attached hydrogens (tertiary/aromatic N) is 4. The van der Waals surface area contributed by atoms with Crippen LogP contribution in [0.3, 0.4) is 0 Å². The van der Waals surface area contributed by atoms with Crippen LogP contribution >= 0.6 is 0 Å². The lowest BCUT2D eigenvalue weighted by Crippen LogP contribution is -2.62. The fraction of sp³-hybridized carbons (Fsp3) is 0.364. The molecule has 2 aliphatic heterocycles. The second-order valence-electron chi connectivity index (χ2n) is 7.40. The van der Waals surface area contributed by atoms with Gasteiger partial charge in [0.2, 0.25) is 0 Å². The van der Waals surface area contributed by atoms with Crippen LogP contribution in [0, 0.1) is 41.9 Å². The predicted octanol–water partition coefficient (Wildman–Crippen LogP) is 3.59. The number of hydrogen-bond acceptors (Lipinski definition) is 4. The largest absolute Gasteiger partial charge is 0.367 e. The summed E-state index contributed by atoms with van der Waals surface area (Å²) in [7, 11) is 0. The second-order valence-corrected chi connectivity index (χ2v) is 7.40. The molecule has 0 saturated carbocycles. The predicted molar refractivity (Wildman–Crippen MR) is 103 cm³/mol. The van der Waals surface area contributed by atoms with E-state index < -0.39 is 5.41 Å². The summed E-state index contributed by atoms with van der Waals surface area (Å²) in [6, 6.07) is 19.2. The van der Waals surface area contributed by atoms with Gasteiger partial charge < -0.3 is 9.80 Å². The third kappa shape index (κ3) is 2.34. The Morgan fingerprint density at radius 1 is 0.962 bits per heavy atom. The summed E-state index contributed by atoms with van der Waals surface area (Å²) >= 11 is 0. The molecule has 26 heavy (non-hydrogen) atoms. The normalized spacial score (nSPS) is 20.5. The summed E-state index contributed by atoms with van der Waals surface area (Å²) in [4.78, 5) is 4.65. The van der Waals surface area contributed by atoms with Crippen molar-refractivity contribution < 1.29 is 0 Å². The summed E-state index contributed by atoms with van der Waals surface area (Å²) in [6.07, 6.45) is 0.498. The summed E-state index contributed by atoms with van der Waals surface area (Å²) in [5.74, 6) is 0. The number of para-hydroxylation sites is 2. The molecule has 4 nitrogen and oxygen atoms in total. The van der Waals surface area contributed by atoms with Gasteiger partial charge in [0.05, 0.1) is 18.2 Å². The highest BCUT2D eigenvalue weighted by atomic mass is 15.3. The topological polar surface area (TPSA) is 54.1 Å². The van der Waals surface area contributed by atoms with Gasteiger partial charge in [0.25, 0.3) is 0 Å². The van der Waals surface area contributed by atoms with Gasteiger partial charge in [0.1, 0.15) is 0 Å². The van der Waals surface area contributed by atoms with Crippen LogP contribution in [0.4, 0.5) is 11.4 Å². The average Bonchev–Trinajstić information content (AvgIpc) is 2.67. The molecule has 4 rings (SSSR count). The minimum Gasteiger partial charge on any atom is -0.367 e. The molecule has 1 atom stereocenters. The number of rotatable bonds is 1. The Kier molecular flexibility index (Phi) is 3.85. The third-order valence-electron chi connectivity index (χ3n) is 5.87. The highest BCUT2D eigenvalue weighted by Crippen LogP contribution is 2.43. The maximum Gasteiger partial charge on any atom is 0.169 e. The smallest absolute Gasteiger partial charge is 0.169 e. The van der Waals surface area contributed by atoms with Crippen LogP contribution in [0.15, 0.2) is 42.5 Å². The molecule has 2 heterocycles. The number of anilines is 2. The number of benzene rings is 2. The van der Waals surface area contributed by atoms with Crippen LogP contribution in [0.25, 0.3) is 0 Å². The maximum atomic E-state index is 9.95. The van der Waals surface area contributed by atoms with Crippen molar-refractivity contribution in [3.8, 4) is 12.1 Å². The number of piperazine rings is 1. The zero-order chi connectivity index (χ0) is 18.3. The molecule has 0 amide bonds. The van der Waals surface area contributed by atoms with E-state index in [0.29, 0.717) is 13.0 Å². The highest BCUT2D eigenvalue weighted by Gasteiger charge is 2.50. The van der Waals surface area contributed by atoms with Gasteiger partial charge in [-0.15, -0.1) is 0 Å². The fourth-order valence-electron chi connectivity index (χ4n) is 4.61. The van der Waals surface area contributed by atoms with Crippen molar-refractivity contribution in [3.05, 3.63) is 59.2 Å². The molecule has 0 bridgehead atoms. The molecule has 0 radical (unpaired) electrons. The first kappa shape index (κ1) is 16.5. The van der Waals surface area contributed by atoms with E-state index in [9.17, 15) is 10.5 Å². The van der Waals surface area contributed by atoms with Crippen LogP contribution in [0.1, 0.15) is 16.7 Å². The quantitative estimate of drug-likeness (QED) is 0.795. The number of hydrogen-bond donors (Lipinski definition) is 0. The van der Waals surface area contributed by atoms with E-state index >= 15 is 0 Å². The first-order chi connectivity index (χ1) is 12.6. The van der Waals surface area contributed by atoms with Crippen LogP contribution in [0.5, 0.6) is 0 Å². The Labute approximate surface area is 154 Å².